The fourth-order valence-electron chi connectivity index (χ4n) is 4.46. The molecule has 0 radical (unpaired) electrons. The molecule has 1 unspecified atom stereocenters. The standard InChI is InChI=1S/C21H26FN9O5S/c1-34-18-16(19(35-2)26-12-25-18)31-17(15-6-4-8-36-15)27-28-21(31)29-37(32,33)14-5-3-7-30(11-14)20-23-9-13(22)10-24-20/h9-10,12,14-15H,3-8,11H2,1-2H3,(H,28,29)/t14?,15-/m0/s1. The summed E-state index contributed by atoms with van der Waals surface area (Å²) in [5.41, 5.74) is 0.241. The lowest BCUT2D eigenvalue weighted by molar-refractivity contribution is 0.103. The van der Waals surface area contributed by atoms with Gasteiger partial charge >= 0.3 is 0 Å². The molecule has 2 fully saturated rings. The largest absolute Gasteiger partial charge is 0.479 e. The SMILES string of the molecule is COc1ncnc(OC)c1-n1c(NS(=O)(=O)C2CCCN(c3ncc(F)cn3)C2)nnc1[C@@H]1CCCO1. The lowest BCUT2D eigenvalue weighted by Gasteiger charge is -2.32. The van der Waals surface area contributed by atoms with Gasteiger partial charge in [-0.25, -0.2) is 22.8 Å². The van der Waals surface area contributed by atoms with E-state index in [1.54, 1.807) is 4.90 Å². The van der Waals surface area contributed by atoms with Crippen LogP contribution in [-0.2, 0) is 14.8 Å². The highest BCUT2D eigenvalue weighted by molar-refractivity contribution is 7.93. The number of nitrogens with one attached hydrogen (secondary N) is 1. The van der Waals surface area contributed by atoms with Crippen molar-refractivity contribution in [3.63, 3.8) is 0 Å². The number of anilines is 2. The third kappa shape index (κ3) is 4.98. The smallest absolute Gasteiger partial charge is 0.245 e. The van der Waals surface area contributed by atoms with Gasteiger partial charge < -0.3 is 19.1 Å². The second-order valence-corrected chi connectivity index (χ2v) is 10.5. The van der Waals surface area contributed by atoms with E-state index in [2.05, 4.69) is 34.9 Å². The van der Waals surface area contributed by atoms with E-state index in [-0.39, 0.29) is 35.9 Å². The molecule has 14 nitrogen and oxygen atoms in total. The number of rotatable bonds is 8. The van der Waals surface area contributed by atoms with Crippen molar-refractivity contribution in [3.05, 3.63) is 30.4 Å². The second-order valence-electron chi connectivity index (χ2n) is 8.52. The third-order valence-corrected chi connectivity index (χ3v) is 7.94. The molecule has 37 heavy (non-hydrogen) atoms. The van der Waals surface area contributed by atoms with E-state index in [1.807, 2.05) is 0 Å². The first-order valence-electron chi connectivity index (χ1n) is 11.7. The number of nitrogens with zero attached hydrogens (tertiary/aromatic N) is 8. The van der Waals surface area contributed by atoms with Crippen LogP contribution in [0.15, 0.2) is 18.7 Å². The number of halogens is 1. The van der Waals surface area contributed by atoms with Crippen molar-refractivity contribution >= 4 is 21.9 Å². The minimum absolute atomic E-state index is 0.0768. The van der Waals surface area contributed by atoms with Gasteiger partial charge in [0.2, 0.25) is 33.7 Å². The van der Waals surface area contributed by atoms with Crippen LogP contribution in [0.25, 0.3) is 5.69 Å². The zero-order valence-electron chi connectivity index (χ0n) is 20.2. The van der Waals surface area contributed by atoms with Crippen LogP contribution in [0.1, 0.15) is 37.6 Å². The molecule has 2 atom stereocenters. The van der Waals surface area contributed by atoms with Crippen LogP contribution >= 0.6 is 0 Å². The Morgan fingerprint density at radius 2 is 1.78 bits per heavy atom. The lowest BCUT2D eigenvalue weighted by atomic mass is 10.1. The maximum atomic E-state index is 13.6. The molecule has 2 saturated heterocycles. The molecule has 5 rings (SSSR count). The summed E-state index contributed by atoms with van der Waals surface area (Å²) in [5.74, 6) is 0.274. The van der Waals surface area contributed by atoms with Crippen LogP contribution in [0.3, 0.4) is 0 Å². The van der Waals surface area contributed by atoms with Crippen LogP contribution in [0.5, 0.6) is 11.8 Å². The van der Waals surface area contributed by atoms with Gasteiger partial charge in [-0.3, -0.25) is 9.29 Å². The van der Waals surface area contributed by atoms with Gasteiger partial charge in [0.25, 0.3) is 0 Å². The van der Waals surface area contributed by atoms with Crippen molar-refractivity contribution in [2.24, 2.45) is 0 Å². The summed E-state index contributed by atoms with van der Waals surface area (Å²) >= 11 is 0. The minimum atomic E-state index is -3.97. The number of piperidine rings is 1. The lowest BCUT2D eigenvalue weighted by Crippen LogP contribution is -2.45. The molecule has 1 N–H and O–H groups in total. The van der Waals surface area contributed by atoms with E-state index in [9.17, 15) is 12.8 Å². The normalized spacial score (nSPS) is 20.1. The van der Waals surface area contributed by atoms with Crippen molar-refractivity contribution in [3.8, 4) is 17.4 Å². The number of sulfonamides is 1. The zero-order valence-corrected chi connectivity index (χ0v) is 21.1. The van der Waals surface area contributed by atoms with Crippen LogP contribution in [0.4, 0.5) is 16.3 Å². The Kier molecular flexibility index (Phi) is 7.01. The summed E-state index contributed by atoms with van der Waals surface area (Å²) in [6.45, 7) is 1.21. The Morgan fingerprint density at radius 1 is 1.05 bits per heavy atom. The molecule has 198 valence electrons. The summed E-state index contributed by atoms with van der Waals surface area (Å²) < 4.78 is 61.1. The van der Waals surface area contributed by atoms with Gasteiger partial charge in [0, 0.05) is 19.7 Å². The molecule has 0 aliphatic carbocycles. The van der Waals surface area contributed by atoms with Crippen molar-refractivity contribution in [2.45, 2.75) is 37.0 Å². The first-order valence-corrected chi connectivity index (χ1v) is 13.2. The molecule has 2 aliphatic heterocycles. The Bertz CT molecular complexity index is 1330. The average molecular weight is 536 g/mol. The maximum Gasteiger partial charge on any atom is 0.245 e. The van der Waals surface area contributed by atoms with Crippen molar-refractivity contribution < 1.29 is 27.0 Å². The summed E-state index contributed by atoms with van der Waals surface area (Å²) in [6.07, 6.45) is 5.44. The summed E-state index contributed by atoms with van der Waals surface area (Å²) in [5, 5.41) is 7.59. The first kappa shape index (κ1) is 25.0. The first-order chi connectivity index (χ1) is 17.9. The van der Waals surface area contributed by atoms with E-state index < -0.39 is 27.2 Å². The van der Waals surface area contributed by atoms with Crippen LogP contribution in [-0.4, -0.2) is 82.3 Å². The predicted molar refractivity (Wildman–Crippen MR) is 128 cm³/mol. The molecule has 16 heteroatoms. The Balaban J connectivity index is 1.50. The highest BCUT2D eigenvalue weighted by atomic mass is 32.2. The fourth-order valence-corrected chi connectivity index (χ4v) is 5.87. The van der Waals surface area contributed by atoms with Gasteiger partial charge in [0.05, 0.1) is 31.9 Å². The quantitative estimate of drug-likeness (QED) is 0.441. The molecule has 3 aromatic rings. The van der Waals surface area contributed by atoms with Crippen LogP contribution in [0, 0.1) is 5.82 Å². The highest BCUT2D eigenvalue weighted by Gasteiger charge is 2.36. The number of hydrogen-bond acceptors (Lipinski definition) is 12. The highest BCUT2D eigenvalue weighted by Crippen LogP contribution is 2.37. The molecule has 5 heterocycles. The predicted octanol–water partition coefficient (Wildman–Crippen LogP) is 1.27. The van der Waals surface area contributed by atoms with E-state index in [0.29, 0.717) is 38.2 Å². The molecule has 2 aliphatic rings. The molecule has 0 bridgehead atoms. The Labute approximate surface area is 212 Å². The monoisotopic (exact) mass is 535 g/mol. The number of hydrogen-bond donors (Lipinski definition) is 1. The fraction of sp³-hybridized carbons (Fsp3) is 0.524. The van der Waals surface area contributed by atoms with E-state index in [1.165, 1.54) is 25.1 Å². The van der Waals surface area contributed by atoms with E-state index in [4.69, 9.17) is 14.2 Å². The number of methoxy groups -OCH3 is 2. The molecular weight excluding hydrogens is 509 g/mol. The Morgan fingerprint density at radius 3 is 2.43 bits per heavy atom. The maximum absolute atomic E-state index is 13.6. The molecule has 3 aromatic heterocycles. The molecule has 0 saturated carbocycles. The summed E-state index contributed by atoms with van der Waals surface area (Å²) in [6, 6.07) is 0. The molecule has 0 spiro atoms. The van der Waals surface area contributed by atoms with Crippen LogP contribution < -0.4 is 19.1 Å². The summed E-state index contributed by atoms with van der Waals surface area (Å²) in [7, 11) is -1.11. The molecule has 0 aromatic carbocycles. The molecule has 0 amide bonds. The average Bonchev–Trinajstić information content (AvgIpc) is 3.58. The van der Waals surface area contributed by atoms with E-state index >= 15 is 0 Å². The minimum Gasteiger partial charge on any atom is -0.479 e. The van der Waals surface area contributed by atoms with Gasteiger partial charge in [0.1, 0.15) is 12.4 Å². The topological polar surface area (TPSA) is 159 Å². The van der Waals surface area contributed by atoms with Crippen LogP contribution in [0.2, 0.25) is 0 Å². The summed E-state index contributed by atoms with van der Waals surface area (Å²) in [4.78, 5) is 18.0. The number of aromatic nitrogens is 7. The van der Waals surface area contributed by atoms with E-state index in [0.717, 1.165) is 18.8 Å². The van der Waals surface area contributed by atoms with Gasteiger partial charge in [0.15, 0.2) is 17.3 Å². The van der Waals surface area contributed by atoms with Gasteiger partial charge in [-0.2, -0.15) is 9.97 Å². The zero-order chi connectivity index (χ0) is 26.0. The number of ether oxygens (including phenoxy) is 3. The Hall–Kier alpha value is -3.66. The van der Waals surface area contributed by atoms with Gasteiger partial charge in [-0.1, -0.05) is 0 Å². The third-order valence-electron chi connectivity index (χ3n) is 6.21. The van der Waals surface area contributed by atoms with Crippen molar-refractivity contribution in [1.29, 1.82) is 0 Å². The van der Waals surface area contributed by atoms with Gasteiger partial charge in [-0.05, 0) is 25.7 Å². The van der Waals surface area contributed by atoms with Gasteiger partial charge in [-0.15, -0.1) is 10.2 Å². The second kappa shape index (κ2) is 10.4. The van der Waals surface area contributed by atoms with Crippen molar-refractivity contribution in [1.82, 2.24) is 34.7 Å². The van der Waals surface area contributed by atoms with Crippen molar-refractivity contribution in [2.75, 3.05) is 43.5 Å². The molecular formula is C21H26FN9O5S.